The Morgan fingerprint density at radius 2 is 2.04 bits per heavy atom. The maximum atomic E-state index is 12.7. The molecular formula is C20H20N6OS. The van der Waals surface area contributed by atoms with Crippen LogP contribution >= 0.6 is 11.8 Å². The predicted octanol–water partition coefficient (Wildman–Crippen LogP) is 2.79. The Balaban J connectivity index is 1.72. The van der Waals surface area contributed by atoms with Gasteiger partial charge in [0.1, 0.15) is 6.17 Å². The fourth-order valence-electron chi connectivity index (χ4n) is 3.04. The minimum absolute atomic E-state index is 0.120. The number of aliphatic imine (C=N–C) groups is 1. The summed E-state index contributed by atoms with van der Waals surface area (Å²) in [5.41, 5.74) is 2.36. The molecule has 1 aliphatic heterocycles. The summed E-state index contributed by atoms with van der Waals surface area (Å²) in [5, 5.41) is 6.45. The number of benzene rings is 1. The summed E-state index contributed by atoms with van der Waals surface area (Å²) >= 11 is 1.68. The molecule has 0 saturated carbocycles. The molecule has 0 amide bonds. The van der Waals surface area contributed by atoms with Crippen molar-refractivity contribution in [2.45, 2.75) is 24.5 Å². The van der Waals surface area contributed by atoms with Gasteiger partial charge in [0.25, 0.3) is 5.56 Å². The molecule has 8 heteroatoms. The Labute approximate surface area is 167 Å². The highest BCUT2D eigenvalue weighted by atomic mass is 32.2. The largest absolute Gasteiger partial charge is 0.331 e. The molecule has 1 unspecified atom stereocenters. The van der Waals surface area contributed by atoms with Crippen molar-refractivity contribution in [1.29, 1.82) is 0 Å². The zero-order valence-electron chi connectivity index (χ0n) is 15.6. The zero-order valence-corrected chi connectivity index (χ0v) is 16.4. The molecule has 1 aromatic carbocycles. The maximum Gasteiger partial charge on any atom is 0.257 e. The van der Waals surface area contributed by atoms with Crippen LogP contribution in [0.25, 0.3) is 0 Å². The molecule has 7 nitrogen and oxygen atoms in total. The van der Waals surface area contributed by atoms with Gasteiger partial charge in [0.2, 0.25) is 5.95 Å². The van der Waals surface area contributed by atoms with Crippen LogP contribution < -0.4 is 16.2 Å². The summed E-state index contributed by atoms with van der Waals surface area (Å²) in [6.45, 7) is 2.23. The summed E-state index contributed by atoms with van der Waals surface area (Å²) in [6.07, 6.45) is 3.38. The molecule has 2 N–H and O–H groups in total. The van der Waals surface area contributed by atoms with Crippen LogP contribution in [0.4, 0.5) is 5.95 Å². The first kappa shape index (κ1) is 18.2. The topological polar surface area (TPSA) is 84.2 Å². The van der Waals surface area contributed by atoms with E-state index in [2.05, 4.69) is 25.6 Å². The number of aryl methyl sites for hydroxylation is 1. The molecule has 3 aromatic rings. The predicted molar refractivity (Wildman–Crippen MR) is 112 cm³/mol. The van der Waals surface area contributed by atoms with Crippen molar-refractivity contribution in [2.24, 2.45) is 4.99 Å². The van der Waals surface area contributed by atoms with E-state index in [-0.39, 0.29) is 5.56 Å². The Morgan fingerprint density at radius 1 is 1.21 bits per heavy atom. The van der Waals surface area contributed by atoms with Crippen LogP contribution in [0.3, 0.4) is 0 Å². The number of hydrogen-bond acceptors (Lipinski definition) is 5. The second kappa shape index (κ2) is 7.85. The van der Waals surface area contributed by atoms with Crippen LogP contribution in [0.5, 0.6) is 0 Å². The number of anilines is 1. The normalized spacial score (nSPS) is 16.9. The van der Waals surface area contributed by atoms with Gasteiger partial charge < -0.3 is 5.32 Å². The molecular weight excluding hydrogens is 372 g/mol. The van der Waals surface area contributed by atoms with E-state index in [1.165, 1.54) is 6.07 Å². The average molecular weight is 392 g/mol. The van der Waals surface area contributed by atoms with Gasteiger partial charge in [-0.2, -0.15) is 0 Å². The third-order valence-electron chi connectivity index (χ3n) is 4.40. The van der Waals surface area contributed by atoms with Crippen molar-refractivity contribution in [2.75, 3.05) is 11.6 Å². The van der Waals surface area contributed by atoms with E-state index < -0.39 is 6.17 Å². The summed E-state index contributed by atoms with van der Waals surface area (Å²) in [7, 11) is 0. The third-order valence-corrected chi connectivity index (χ3v) is 5.14. The van der Waals surface area contributed by atoms with Gasteiger partial charge >= 0.3 is 0 Å². The van der Waals surface area contributed by atoms with Gasteiger partial charge in [-0.25, -0.2) is 9.98 Å². The second-order valence-corrected chi connectivity index (χ2v) is 7.24. The number of aromatic nitrogens is 3. The Bertz CT molecular complexity index is 1060. The minimum atomic E-state index is -0.393. The van der Waals surface area contributed by atoms with Gasteiger partial charge in [-0.15, -0.1) is 11.8 Å². The summed E-state index contributed by atoms with van der Waals surface area (Å²) < 4.78 is 1.61. The molecule has 0 fully saturated rings. The van der Waals surface area contributed by atoms with Gasteiger partial charge in [0, 0.05) is 22.9 Å². The Kier molecular flexibility index (Phi) is 5.12. The molecule has 0 aliphatic carbocycles. The highest BCUT2D eigenvalue weighted by molar-refractivity contribution is 7.98. The molecule has 4 rings (SSSR count). The molecule has 3 heterocycles. The maximum absolute atomic E-state index is 12.7. The fourth-order valence-corrected chi connectivity index (χ4v) is 3.44. The SMILES string of the molecule is CSc1ccc(C2NC(=NCc3ccccn3)Nc3nc(C)cc(=O)n32)cc1. The summed E-state index contributed by atoms with van der Waals surface area (Å²) in [5.74, 6) is 1.03. The minimum Gasteiger partial charge on any atom is -0.331 e. The number of fused-ring (bicyclic) bond motifs is 1. The van der Waals surface area contributed by atoms with E-state index >= 15 is 0 Å². The van der Waals surface area contributed by atoms with Gasteiger partial charge in [0.15, 0.2) is 5.96 Å². The Hall–Kier alpha value is -3.13. The molecule has 0 radical (unpaired) electrons. The van der Waals surface area contributed by atoms with E-state index in [9.17, 15) is 4.79 Å². The van der Waals surface area contributed by atoms with Crippen LogP contribution in [0.15, 0.2) is 69.4 Å². The van der Waals surface area contributed by atoms with Crippen molar-refractivity contribution >= 4 is 23.7 Å². The van der Waals surface area contributed by atoms with Gasteiger partial charge in [-0.05, 0) is 43.0 Å². The molecule has 1 atom stereocenters. The first-order valence-corrected chi connectivity index (χ1v) is 10.1. The van der Waals surface area contributed by atoms with Crippen molar-refractivity contribution < 1.29 is 0 Å². The van der Waals surface area contributed by atoms with Crippen LogP contribution in [0.2, 0.25) is 0 Å². The lowest BCUT2D eigenvalue weighted by atomic mass is 10.1. The van der Waals surface area contributed by atoms with Gasteiger partial charge in [0.05, 0.1) is 12.2 Å². The van der Waals surface area contributed by atoms with E-state index in [1.807, 2.05) is 48.7 Å². The zero-order chi connectivity index (χ0) is 19.5. The van der Waals surface area contributed by atoms with Crippen molar-refractivity contribution in [3.63, 3.8) is 0 Å². The molecule has 0 bridgehead atoms. The number of thioether (sulfide) groups is 1. The van der Waals surface area contributed by atoms with Crippen LogP contribution in [-0.2, 0) is 6.54 Å². The van der Waals surface area contributed by atoms with Crippen LogP contribution in [0.1, 0.15) is 23.1 Å². The van der Waals surface area contributed by atoms with Gasteiger partial charge in [-0.1, -0.05) is 18.2 Å². The smallest absolute Gasteiger partial charge is 0.257 e. The Morgan fingerprint density at radius 3 is 2.75 bits per heavy atom. The molecule has 1 aliphatic rings. The summed E-state index contributed by atoms with van der Waals surface area (Å²) in [6, 6.07) is 15.4. The molecule has 2 aromatic heterocycles. The first-order valence-electron chi connectivity index (χ1n) is 8.86. The summed E-state index contributed by atoms with van der Waals surface area (Å²) in [4.78, 5) is 27.2. The van der Waals surface area contributed by atoms with E-state index in [4.69, 9.17) is 0 Å². The monoisotopic (exact) mass is 392 g/mol. The van der Waals surface area contributed by atoms with Crippen molar-refractivity contribution in [3.8, 4) is 0 Å². The van der Waals surface area contributed by atoms with Crippen molar-refractivity contribution in [3.05, 3.63) is 82.0 Å². The third kappa shape index (κ3) is 3.77. The van der Waals surface area contributed by atoms with Crippen LogP contribution in [-0.4, -0.2) is 26.8 Å². The van der Waals surface area contributed by atoms with Crippen molar-refractivity contribution in [1.82, 2.24) is 19.9 Å². The number of nitrogens with zero attached hydrogens (tertiary/aromatic N) is 4. The number of guanidine groups is 1. The first-order chi connectivity index (χ1) is 13.6. The van der Waals surface area contributed by atoms with E-state index in [0.29, 0.717) is 24.1 Å². The van der Waals surface area contributed by atoms with Crippen LogP contribution in [0, 0.1) is 6.92 Å². The standard InChI is InChI=1S/C20H20N6OS/c1-13-11-17(27)26-18(14-6-8-16(28-2)9-7-14)24-19(25-20(26)23-13)22-12-15-5-3-4-10-21-15/h3-11,18H,12H2,1-2H3,(H2,22,23,24,25). The second-order valence-electron chi connectivity index (χ2n) is 6.36. The quantitative estimate of drug-likeness (QED) is 0.664. The molecule has 142 valence electrons. The van der Waals surface area contributed by atoms with Gasteiger partial charge in [-0.3, -0.25) is 19.7 Å². The number of rotatable bonds is 4. The molecule has 28 heavy (non-hydrogen) atoms. The lowest BCUT2D eigenvalue weighted by molar-refractivity contribution is 0.514. The lowest BCUT2D eigenvalue weighted by Gasteiger charge is -2.31. The number of pyridine rings is 1. The number of hydrogen-bond donors (Lipinski definition) is 2. The lowest BCUT2D eigenvalue weighted by Crippen LogP contribution is -2.48. The highest BCUT2D eigenvalue weighted by Gasteiger charge is 2.26. The van der Waals surface area contributed by atoms with E-state index in [1.54, 1.807) is 29.4 Å². The molecule has 0 spiro atoms. The fraction of sp³-hybridized carbons (Fsp3) is 0.200. The molecule has 0 saturated heterocycles. The van der Waals surface area contributed by atoms with E-state index in [0.717, 1.165) is 16.2 Å². The number of nitrogens with one attached hydrogen (secondary N) is 2. The average Bonchev–Trinajstić information content (AvgIpc) is 2.72. The highest BCUT2D eigenvalue weighted by Crippen LogP contribution is 2.24.